The highest BCUT2D eigenvalue weighted by atomic mass is 35.5. The lowest BCUT2D eigenvalue weighted by atomic mass is 10.2. The fraction of sp³-hybridized carbons (Fsp3) is 0.0714. The van der Waals surface area contributed by atoms with Crippen LogP contribution in [-0.4, -0.2) is 13.6 Å². The Hall–Kier alpha value is -1.70. The Morgan fingerprint density at radius 3 is 2.17 bits per heavy atom. The highest BCUT2D eigenvalue weighted by Gasteiger charge is 2.17. The molecule has 0 aromatic heterocycles. The molecule has 0 aliphatic heterocycles. The first kappa shape index (κ1) is 17.7. The van der Waals surface area contributed by atoms with E-state index in [-0.39, 0.29) is 9.92 Å². The van der Waals surface area contributed by atoms with E-state index in [0.29, 0.717) is 0 Å². The van der Waals surface area contributed by atoms with Gasteiger partial charge in [-0.15, -0.1) is 0 Å². The SMILES string of the molecule is Cc1ccc(S(=O)(=O)N/N=C(\Cl)c2c(F)cc(Cl)cc2F)cc1. The summed E-state index contributed by atoms with van der Waals surface area (Å²) >= 11 is 11.2. The van der Waals surface area contributed by atoms with Gasteiger partial charge < -0.3 is 0 Å². The molecule has 9 heteroatoms. The molecule has 2 aromatic carbocycles. The third-order valence-corrected chi connectivity index (χ3v) is 4.52. The van der Waals surface area contributed by atoms with Gasteiger partial charge in [-0.1, -0.05) is 40.9 Å². The number of rotatable bonds is 4. The number of halogens is 4. The summed E-state index contributed by atoms with van der Waals surface area (Å²) in [5.74, 6) is -2.11. The molecule has 2 aromatic rings. The molecule has 0 atom stereocenters. The van der Waals surface area contributed by atoms with Crippen molar-refractivity contribution in [2.45, 2.75) is 11.8 Å². The summed E-state index contributed by atoms with van der Waals surface area (Å²) in [7, 11) is -4.01. The maximum Gasteiger partial charge on any atom is 0.276 e. The van der Waals surface area contributed by atoms with Gasteiger partial charge in [0.15, 0.2) is 5.17 Å². The fourth-order valence-electron chi connectivity index (χ4n) is 1.67. The fourth-order valence-corrected chi connectivity index (χ4v) is 2.94. The maximum atomic E-state index is 13.7. The van der Waals surface area contributed by atoms with Crippen molar-refractivity contribution in [1.29, 1.82) is 0 Å². The Morgan fingerprint density at radius 1 is 1.13 bits per heavy atom. The Morgan fingerprint density at radius 2 is 1.65 bits per heavy atom. The van der Waals surface area contributed by atoms with Gasteiger partial charge in [-0.2, -0.15) is 18.4 Å². The van der Waals surface area contributed by atoms with Crippen LogP contribution < -0.4 is 4.83 Å². The number of nitrogens with one attached hydrogen (secondary N) is 1. The molecule has 0 saturated heterocycles. The molecular weight excluding hydrogens is 369 g/mol. The zero-order valence-corrected chi connectivity index (χ0v) is 14.0. The number of sulfonamides is 1. The van der Waals surface area contributed by atoms with Crippen molar-refractivity contribution in [3.05, 3.63) is 64.2 Å². The van der Waals surface area contributed by atoms with E-state index in [4.69, 9.17) is 23.2 Å². The second-order valence-electron chi connectivity index (χ2n) is 4.55. The van der Waals surface area contributed by atoms with Gasteiger partial charge in [-0.05, 0) is 31.2 Å². The van der Waals surface area contributed by atoms with Crippen molar-refractivity contribution in [3.63, 3.8) is 0 Å². The average molecular weight is 379 g/mol. The Kier molecular flexibility index (Phi) is 5.23. The Balaban J connectivity index is 2.31. The highest BCUT2D eigenvalue weighted by molar-refractivity contribution is 7.89. The standard InChI is InChI=1S/C14H10Cl2F2N2O2S/c1-8-2-4-10(5-3-8)23(21,22)20-19-14(16)13-11(17)6-9(15)7-12(13)18/h2-7,20H,1H3/b19-14-. The van der Waals surface area contributed by atoms with E-state index >= 15 is 0 Å². The minimum Gasteiger partial charge on any atom is -0.206 e. The van der Waals surface area contributed by atoms with Gasteiger partial charge in [0.2, 0.25) is 0 Å². The normalized spacial score (nSPS) is 12.3. The molecule has 0 bridgehead atoms. The Bertz CT molecular complexity index is 846. The smallest absolute Gasteiger partial charge is 0.206 e. The second kappa shape index (κ2) is 6.82. The number of nitrogens with zero attached hydrogens (tertiary/aromatic N) is 1. The van der Waals surface area contributed by atoms with Crippen molar-refractivity contribution in [3.8, 4) is 0 Å². The van der Waals surface area contributed by atoms with E-state index in [1.165, 1.54) is 12.1 Å². The van der Waals surface area contributed by atoms with Gasteiger partial charge >= 0.3 is 0 Å². The van der Waals surface area contributed by atoms with Crippen molar-refractivity contribution >= 4 is 38.4 Å². The van der Waals surface area contributed by atoms with Crippen LogP contribution in [0.4, 0.5) is 8.78 Å². The minimum absolute atomic E-state index is 0.0617. The molecule has 0 unspecified atom stereocenters. The van der Waals surface area contributed by atoms with Crippen LogP contribution in [0.5, 0.6) is 0 Å². The molecule has 122 valence electrons. The number of aryl methyl sites for hydroxylation is 1. The predicted octanol–water partition coefficient (Wildman–Crippen LogP) is 3.81. The molecule has 23 heavy (non-hydrogen) atoms. The summed E-state index contributed by atoms with van der Waals surface area (Å²) in [6.07, 6.45) is 0. The van der Waals surface area contributed by atoms with E-state index in [0.717, 1.165) is 17.7 Å². The minimum atomic E-state index is -4.01. The molecule has 0 amide bonds. The van der Waals surface area contributed by atoms with Crippen LogP contribution in [0.25, 0.3) is 0 Å². The number of hydrogen-bond donors (Lipinski definition) is 1. The largest absolute Gasteiger partial charge is 0.276 e. The lowest BCUT2D eigenvalue weighted by Crippen LogP contribution is -2.20. The monoisotopic (exact) mass is 378 g/mol. The van der Waals surface area contributed by atoms with Crippen LogP contribution in [-0.2, 0) is 10.0 Å². The topological polar surface area (TPSA) is 58.5 Å². The first-order valence-electron chi connectivity index (χ1n) is 6.17. The molecule has 0 saturated carbocycles. The number of benzene rings is 2. The number of hydrazone groups is 1. The van der Waals surface area contributed by atoms with Crippen molar-refractivity contribution < 1.29 is 17.2 Å². The van der Waals surface area contributed by atoms with Gasteiger partial charge in [0.1, 0.15) is 11.6 Å². The van der Waals surface area contributed by atoms with Gasteiger partial charge in [0.05, 0.1) is 10.5 Å². The maximum absolute atomic E-state index is 13.7. The molecule has 0 radical (unpaired) electrons. The molecule has 0 heterocycles. The van der Waals surface area contributed by atoms with Gasteiger partial charge in [-0.25, -0.2) is 8.78 Å². The lowest BCUT2D eigenvalue weighted by Gasteiger charge is -2.06. The molecular formula is C14H10Cl2F2N2O2S. The van der Waals surface area contributed by atoms with E-state index < -0.39 is 32.4 Å². The van der Waals surface area contributed by atoms with E-state index in [1.807, 2.05) is 4.83 Å². The summed E-state index contributed by atoms with van der Waals surface area (Å²) < 4.78 is 51.4. The van der Waals surface area contributed by atoms with E-state index in [1.54, 1.807) is 19.1 Å². The van der Waals surface area contributed by atoms with Crippen LogP contribution in [0.3, 0.4) is 0 Å². The molecule has 0 aliphatic carbocycles. The molecule has 0 fully saturated rings. The third kappa shape index (κ3) is 4.19. The predicted molar refractivity (Wildman–Crippen MR) is 85.3 cm³/mol. The first-order chi connectivity index (χ1) is 10.7. The first-order valence-corrected chi connectivity index (χ1v) is 8.41. The van der Waals surface area contributed by atoms with Crippen LogP contribution in [0.2, 0.25) is 5.02 Å². The summed E-state index contributed by atoms with van der Waals surface area (Å²) in [4.78, 5) is 1.76. The van der Waals surface area contributed by atoms with Crippen LogP contribution in [0, 0.1) is 18.6 Å². The lowest BCUT2D eigenvalue weighted by molar-refractivity contribution is 0.577. The van der Waals surface area contributed by atoms with E-state index in [2.05, 4.69) is 5.10 Å². The van der Waals surface area contributed by atoms with Crippen molar-refractivity contribution in [2.75, 3.05) is 0 Å². The zero-order chi connectivity index (χ0) is 17.2. The molecule has 0 aliphatic rings. The van der Waals surface area contributed by atoms with Crippen molar-refractivity contribution in [1.82, 2.24) is 4.83 Å². The number of hydrogen-bond acceptors (Lipinski definition) is 3. The summed E-state index contributed by atoms with van der Waals surface area (Å²) in [5, 5.41) is 2.49. The summed E-state index contributed by atoms with van der Waals surface area (Å²) in [5.41, 5.74) is 0.193. The molecule has 0 spiro atoms. The summed E-state index contributed by atoms with van der Waals surface area (Å²) in [6, 6.07) is 7.60. The van der Waals surface area contributed by atoms with Crippen LogP contribution in [0.15, 0.2) is 46.4 Å². The van der Waals surface area contributed by atoms with Gasteiger partial charge in [0, 0.05) is 5.02 Å². The highest BCUT2D eigenvalue weighted by Crippen LogP contribution is 2.21. The Labute approximate surface area is 141 Å². The van der Waals surface area contributed by atoms with Crippen LogP contribution >= 0.6 is 23.2 Å². The molecule has 1 N–H and O–H groups in total. The second-order valence-corrected chi connectivity index (χ2v) is 7.01. The van der Waals surface area contributed by atoms with Gasteiger partial charge in [-0.3, -0.25) is 0 Å². The summed E-state index contributed by atoms with van der Waals surface area (Å²) in [6.45, 7) is 1.80. The molecule has 4 nitrogen and oxygen atoms in total. The average Bonchev–Trinajstić information content (AvgIpc) is 2.44. The quantitative estimate of drug-likeness (QED) is 0.649. The zero-order valence-electron chi connectivity index (χ0n) is 11.6. The van der Waals surface area contributed by atoms with Crippen molar-refractivity contribution in [2.24, 2.45) is 5.10 Å². The van der Waals surface area contributed by atoms with E-state index in [9.17, 15) is 17.2 Å². The third-order valence-electron chi connectivity index (χ3n) is 2.81. The van der Waals surface area contributed by atoms with Crippen LogP contribution in [0.1, 0.15) is 11.1 Å². The molecule has 2 rings (SSSR count). The van der Waals surface area contributed by atoms with Gasteiger partial charge in [0.25, 0.3) is 10.0 Å².